The molecule has 158 valence electrons. The van der Waals surface area contributed by atoms with E-state index in [0.29, 0.717) is 11.6 Å². The molecule has 0 aromatic carbocycles. The molecule has 0 bridgehead atoms. The summed E-state index contributed by atoms with van der Waals surface area (Å²) in [7, 11) is -3.76. The van der Waals surface area contributed by atoms with Crippen LogP contribution in [0, 0.1) is 5.41 Å². The Balaban J connectivity index is 1.86. The van der Waals surface area contributed by atoms with E-state index in [-0.39, 0.29) is 33.6 Å². The zero-order valence-electron chi connectivity index (χ0n) is 16.4. The highest BCUT2D eigenvalue weighted by Crippen LogP contribution is 2.41. The van der Waals surface area contributed by atoms with E-state index in [1.54, 1.807) is 13.2 Å². The normalized spacial score (nSPS) is 13.4. The van der Waals surface area contributed by atoms with Gasteiger partial charge in [-0.2, -0.15) is 8.75 Å². The summed E-state index contributed by atoms with van der Waals surface area (Å²) in [4.78, 5) is 0. The molecule has 3 rings (SSSR count). The van der Waals surface area contributed by atoms with Crippen LogP contribution in [-0.2, 0) is 10.0 Å². The highest BCUT2D eigenvalue weighted by molar-refractivity contribution is 7.91. The van der Waals surface area contributed by atoms with Crippen LogP contribution in [0.5, 0.6) is 5.75 Å². The number of hydrogen-bond acceptors (Lipinski definition) is 10. The largest absolute Gasteiger partial charge is 0.504 e. The van der Waals surface area contributed by atoms with Gasteiger partial charge >= 0.3 is 0 Å². The summed E-state index contributed by atoms with van der Waals surface area (Å²) in [5.41, 5.74) is 0.0589. The van der Waals surface area contributed by atoms with Gasteiger partial charge in [-0.25, -0.2) is 13.1 Å². The third-order valence-electron chi connectivity index (χ3n) is 4.03. The van der Waals surface area contributed by atoms with Crippen molar-refractivity contribution in [1.82, 2.24) is 13.5 Å². The van der Waals surface area contributed by atoms with E-state index < -0.39 is 10.0 Å². The second kappa shape index (κ2) is 8.30. The van der Waals surface area contributed by atoms with Crippen LogP contribution in [-0.4, -0.2) is 28.8 Å². The van der Waals surface area contributed by atoms with E-state index in [0.717, 1.165) is 28.8 Å². The number of rotatable bonds is 8. The molecule has 0 aliphatic carbocycles. The molecule has 0 saturated heterocycles. The summed E-state index contributed by atoms with van der Waals surface area (Å²) in [6, 6.07) is 3.53. The van der Waals surface area contributed by atoms with E-state index in [2.05, 4.69) is 44.9 Å². The molecule has 12 heteroatoms. The highest BCUT2D eigenvalue weighted by atomic mass is 32.2. The first kappa shape index (κ1) is 21.6. The van der Waals surface area contributed by atoms with Gasteiger partial charge in [-0.05, 0) is 17.5 Å². The molecule has 1 atom stereocenters. The van der Waals surface area contributed by atoms with Gasteiger partial charge < -0.3 is 20.2 Å². The third-order valence-corrected chi connectivity index (χ3v) is 7.61. The second-order valence-corrected chi connectivity index (χ2v) is 10.7. The maximum absolute atomic E-state index is 12.2. The smallest absolute Gasteiger partial charge is 0.253 e. The standard InChI is InChI=1S/C17H23N5O4S3/c1-5-18-29(24,25)16-12(23)10(9-27-16)19-14-15(22-28-21-14)20-13(17(2,3)4)11-7-6-8-26-11/h6-9,13,18,23H,5H2,1-4H3,(H,19,21)(H,20,22)/t13-/m0/s1. The predicted molar refractivity (Wildman–Crippen MR) is 115 cm³/mol. The number of anilines is 3. The number of sulfonamides is 1. The van der Waals surface area contributed by atoms with Crippen molar-refractivity contribution in [2.45, 2.75) is 37.9 Å². The Morgan fingerprint density at radius 3 is 2.62 bits per heavy atom. The van der Waals surface area contributed by atoms with Crippen molar-refractivity contribution in [3.63, 3.8) is 0 Å². The molecule has 0 aliphatic rings. The van der Waals surface area contributed by atoms with E-state index >= 15 is 0 Å². The van der Waals surface area contributed by atoms with Crippen LogP contribution in [0.2, 0.25) is 0 Å². The van der Waals surface area contributed by atoms with Crippen LogP contribution in [0.3, 0.4) is 0 Å². The van der Waals surface area contributed by atoms with Gasteiger partial charge in [0.05, 0.1) is 29.7 Å². The molecule has 0 aliphatic heterocycles. The maximum atomic E-state index is 12.2. The zero-order chi connectivity index (χ0) is 21.2. The number of hydrogen-bond donors (Lipinski definition) is 4. The molecule has 0 radical (unpaired) electrons. The fraction of sp³-hybridized carbons (Fsp3) is 0.412. The molecule has 0 spiro atoms. The fourth-order valence-electron chi connectivity index (χ4n) is 2.67. The topological polar surface area (TPSA) is 129 Å². The molecule has 3 aromatic heterocycles. The number of thiophene rings is 1. The molecular formula is C17H23N5O4S3. The maximum Gasteiger partial charge on any atom is 0.253 e. The Morgan fingerprint density at radius 1 is 1.28 bits per heavy atom. The average molecular weight is 458 g/mol. The van der Waals surface area contributed by atoms with Crippen molar-refractivity contribution in [3.8, 4) is 5.75 Å². The van der Waals surface area contributed by atoms with E-state index in [4.69, 9.17) is 4.42 Å². The minimum Gasteiger partial charge on any atom is -0.504 e. The van der Waals surface area contributed by atoms with Crippen LogP contribution in [0.25, 0.3) is 0 Å². The van der Waals surface area contributed by atoms with Gasteiger partial charge in [0.25, 0.3) is 10.0 Å². The Kier molecular flexibility index (Phi) is 6.17. The van der Waals surface area contributed by atoms with Crippen molar-refractivity contribution in [1.29, 1.82) is 0 Å². The summed E-state index contributed by atoms with van der Waals surface area (Å²) >= 11 is 1.92. The first-order chi connectivity index (χ1) is 13.6. The Morgan fingerprint density at radius 2 is 2.00 bits per heavy atom. The van der Waals surface area contributed by atoms with Gasteiger partial charge in [-0.3, -0.25) is 0 Å². The van der Waals surface area contributed by atoms with Crippen molar-refractivity contribution >= 4 is 50.4 Å². The highest BCUT2D eigenvalue weighted by Gasteiger charge is 2.30. The minimum absolute atomic E-state index is 0.150. The van der Waals surface area contributed by atoms with Gasteiger partial charge in [0.2, 0.25) is 0 Å². The summed E-state index contributed by atoms with van der Waals surface area (Å²) in [6.07, 6.45) is 1.61. The number of aromatic hydroxyl groups is 1. The molecule has 3 heterocycles. The van der Waals surface area contributed by atoms with E-state index in [1.165, 1.54) is 5.38 Å². The van der Waals surface area contributed by atoms with E-state index in [9.17, 15) is 13.5 Å². The van der Waals surface area contributed by atoms with Gasteiger partial charge in [-0.15, -0.1) is 11.3 Å². The van der Waals surface area contributed by atoms with Crippen LogP contribution in [0.1, 0.15) is 39.5 Å². The fourth-order valence-corrected chi connectivity index (χ4v) is 5.46. The Bertz CT molecular complexity index is 1050. The third kappa shape index (κ3) is 4.71. The number of aromatic nitrogens is 2. The minimum atomic E-state index is -3.76. The molecule has 0 unspecified atom stereocenters. The molecule has 0 saturated carbocycles. The van der Waals surface area contributed by atoms with Crippen LogP contribution >= 0.6 is 23.1 Å². The lowest BCUT2D eigenvalue weighted by atomic mass is 9.85. The molecular weight excluding hydrogens is 434 g/mol. The quantitative estimate of drug-likeness (QED) is 0.397. The van der Waals surface area contributed by atoms with Crippen molar-refractivity contribution in [3.05, 3.63) is 29.5 Å². The Labute approximate surface area is 177 Å². The van der Waals surface area contributed by atoms with Crippen LogP contribution < -0.4 is 15.4 Å². The molecule has 4 N–H and O–H groups in total. The zero-order valence-corrected chi connectivity index (χ0v) is 18.8. The first-order valence-corrected chi connectivity index (χ1v) is 11.9. The molecule has 0 amide bonds. The summed E-state index contributed by atoms with van der Waals surface area (Å²) in [5, 5.41) is 18.2. The second-order valence-electron chi connectivity index (χ2n) is 7.33. The molecule has 0 fully saturated rings. The Hall–Kier alpha value is -2.15. The number of nitrogens with zero attached hydrogens (tertiary/aromatic N) is 2. The SMILES string of the molecule is CCNS(=O)(=O)c1scc(Nc2nsnc2N[C@@H](c2ccco2)C(C)(C)C)c1O. The van der Waals surface area contributed by atoms with Gasteiger partial charge in [0.15, 0.2) is 21.6 Å². The first-order valence-electron chi connectivity index (χ1n) is 8.83. The van der Waals surface area contributed by atoms with Crippen molar-refractivity contribution in [2.75, 3.05) is 17.2 Å². The van der Waals surface area contributed by atoms with Gasteiger partial charge in [-0.1, -0.05) is 27.7 Å². The monoisotopic (exact) mass is 457 g/mol. The number of furan rings is 1. The molecule has 3 aromatic rings. The summed E-state index contributed by atoms with van der Waals surface area (Å²) in [6.45, 7) is 8.12. The van der Waals surface area contributed by atoms with Gasteiger partial charge in [0.1, 0.15) is 5.76 Å². The van der Waals surface area contributed by atoms with E-state index in [1.807, 2.05) is 12.1 Å². The number of nitrogens with one attached hydrogen (secondary N) is 3. The van der Waals surface area contributed by atoms with Crippen molar-refractivity contribution < 1.29 is 17.9 Å². The van der Waals surface area contributed by atoms with Crippen molar-refractivity contribution in [2.24, 2.45) is 5.41 Å². The predicted octanol–water partition coefficient (Wildman–Crippen LogP) is 4.14. The van der Waals surface area contributed by atoms with Crippen LogP contribution in [0.4, 0.5) is 17.3 Å². The lowest BCUT2D eigenvalue weighted by Gasteiger charge is -2.30. The van der Waals surface area contributed by atoms with Gasteiger partial charge in [0, 0.05) is 11.9 Å². The van der Waals surface area contributed by atoms with Crippen LogP contribution in [0.15, 0.2) is 32.4 Å². The average Bonchev–Trinajstić information content (AvgIpc) is 3.35. The molecule has 9 nitrogen and oxygen atoms in total. The summed E-state index contributed by atoms with van der Waals surface area (Å²) < 4.78 is 40.7. The molecule has 29 heavy (non-hydrogen) atoms. The lowest BCUT2D eigenvalue weighted by Crippen LogP contribution is -2.25. The summed E-state index contributed by atoms with van der Waals surface area (Å²) in [5.74, 6) is 1.27. The lowest BCUT2D eigenvalue weighted by molar-refractivity contribution is 0.304.